The van der Waals surface area contributed by atoms with Crippen LogP contribution in [0, 0.1) is 12.8 Å². The predicted molar refractivity (Wildman–Crippen MR) is 136 cm³/mol. The summed E-state index contributed by atoms with van der Waals surface area (Å²) in [6, 6.07) is 16.3. The van der Waals surface area contributed by atoms with Gasteiger partial charge in [-0.1, -0.05) is 24.3 Å². The number of benzene rings is 2. The predicted octanol–water partition coefficient (Wildman–Crippen LogP) is 5.36. The summed E-state index contributed by atoms with van der Waals surface area (Å²) < 4.78 is 0. The number of carbonyl (C=O) groups excluding carboxylic acids is 1. The molecule has 34 heavy (non-hydrogen) atoms. The van der Waals surface area contributed by atoms with Crippen LogP contribution >= 0.6 is 0 Å². The van der Waals surface area contributed by atoms with Crippen LogP contribution in [0.5, 0.6) is 0 Å². The largest absolute Gasteiger partial charge is 0.381 e. The van der Waals surface area contributed by atoms with E-state index in [1.807, 2.05) is 47.6 Å². The van der Waals surface area contributed by atoms with Crippen molar-refractivity contribution in [1.29, 1.82) is 0 Å². The molecular weight excluding hydrogens is 422 g/mol. The lowest BCUT2D eigenvalue weighted by molar-refractivity contribution is 0.0760. The molecule has 2 aromatic carbocycles. The molecule has 1 aliphatic heterocycles. The van der Waals surface area contributed by atoms with Gasteiger partial charge in [0.25, 0.3) is 5.91 Å². The lowest BCUT2D eigenvalue weighted by Gasteiger charge is -2.22. The molecule has 1 fully saturated rings. The summed E-state index contributed by atoms with van der Waals surface area (Å²) in [6.45, 7) is 4.37. The maximum absolute atomic E-state index is 13.4. The van der Waals surface area contributed by atoms with Crippen LogP contribution in [0.15, 0.2) is 67.1 Å². The second kappa shape index (κ2) is 10.1. The molecule has 0 radical (unpaired) electrons. The quantitative estimate of drug-likeness (QED) is 0.412. The van der Waals surface area contributed by atoms with Crippen molar-refractivity contribution in [2.45, 2.75) is 39.2 Å². The van der Waals surface area contributed by atoms with Crippen LogP contribution in [-0.2, 0) is 13.0 Å². The number of pyridine rings is 1. The Bertz CT molecular complexity index is 1270. The number of fused-ring (bicyclic) bond motifs is 1. The fourth-order valence-electron chi connectivity index (χ4n) is 4.92. The standard InChI is InChI=1S/C28H31N5O/c1-20-9-10-24(16-27(20)30-18-22-5-3-12-29-17-22)28(34)33-13-4-6-21(11-14-33)15-23-7-2-8-26-25(23)19-31-32-26/h2-3,5,7-10,12,16-17,19,21,30H,4,6,11,13-15,18H2,1H3,(H,31,32)/t21-/m0/s1. The topological polar surface area (TPSA) is 73.9 Å². The van der Waals surface area contributed by atoms with Crippen molar-refractivity contribution >= 4 is 22.5 Å². The molecule has 1 aliphatic rings. The third-order valence-corrected chi connectivity index (χ3v) is 6.91. The zero-order valence-corrected chi connectivity index (χ0v) is 19.6. The van der Waals surface area contributed by atoms with Crippen LogP contribution in [0.25, 0.3) is 10.9 Å². The van der Waals surface area contributed by atoms with E-state index in [2.05, 4.69) is 45.6 Å². The molecule has 4 aromatic rings. The number of hydrogen-bond acceptors (Lipinski definition) is 4. The Morgan fingerprint density at radius 1 is 1.12 bits per heavy atom. The molecule has 0 unspecified atom stereocenters. The van der Waals surface area contributed by atoms with Crippen molar-refractivity contribution in [1.82, 2.24) is 20.1 Å². The van der Waals surface area contributed by atoms with Crippen LogP contribution < -0.4 is 5.32 Å². The minimum absolute atomic E-state index is 0.127. The SMILES string of the molecule is Cc1ccc(C(=O)N2CCC[C@H](Cc3cccc4[nH]ncc34)CC2)cc1NCc1cccnc1. The molecule has 2 N–H and O–H groups in total. The van der Waals surface area contributed by atoms with Gasteiger partial charge in [0, 0.05) is 48.7 Å². The summed E-state index contributed by atoms with van der Waals surface area (Å²) in [7, 11) is 0. The number of rotatable bonds is 6. The van der Waals surface area contributed by atoms with Gasteiger partial charge >= 0.3 is 0 Å². The van der Waals surface area contributed by atoms with Gasteiger partial charge < -0.3 is 10.2 Å². The molecule has 5 rings (SSSR count). The van der Waals surface area contributed by atoms with Crippen LogP contribution in [0.1, 0.15) is 46.3 Å². The highest BCUT2D eigenvalue weighted by atomic mass is 16.2. The number of nitrogens with one attached hydrogen (secondary N) is 2. The highest BCUT2D eigenvalue weighted by molar-refractivity contribution is 5.95. The average Bonchev–Trinajstić information content (AvgIpc) is 3.24. The van der Waals surface area contributed by atoms with Gasteiger partial charge in [-0.2, -0.15) is 5.10 Å². The number of nitrogens with zero attached hydrogens (tertiary/aromatic N) is 3. The number of aromatic amines is 1. The summed E-state index contributed by atoms with van der Waals surface area (Å²) in [5, 5.41) is 11.9. The normalized spacial score (nSPS) is 16.4. The number of amides is 1. The molecule has 6 heteroatoms. The van der Waals surface area contributed by atoms with Gasteiger partial charge in [0.15, 0.2) is 0 Å². The van der Waals surface area contributed by atoms with E-state index in [9.17, 15) is 4.79 Å². The highest BCUT2D eigenvalue weighted by Crippen LogP contribution is 2.27. The fraction of sp³-hybridized carbons (Fsp3) is 0.321. The third-order valence-electron chi connectivity index (χ3n) is 6.91. The minimum atomic E-state index is 0.127. The Balaban J connectivity index is 1.23. The molecule has 2 aromatic heterocycles. The van der Waals surface area contributed by atoms with E-state index in [4.69, 9.17) is 0 Å². The Labute approximate surface area is 200 Å². The van der Waals surface area contributed by atoms with E-state index in [0.29, 0.717) is 12.5 Å². The molecular formula is C28H31N5O. The van der Waals surface area contributed by atoms with E-state index >= 15 is 0 Å². The molecule has 6 nitrogen and oxygen atoms in total. The Kier molecular flexibility index (Phi) is 6.56. The van der Waals surface area contributed by atoms with Crippen molar-refractivity contribution < 1.29 is 4.79 Å². The molecule has 1 amide bonds. The number of aromatic nitrogens is 3. The van der Waals surface area contributed by atoms with Gasteiger partial charge in [-0.05, 0) is 79.5 Å². The van der Waals surface area contributed by atoms with Crippen LogP contribution in [0.3, 0.4) is 0 Å². The second-order valence-electron chi connectivity index (χ2n) is 9.29. The molecule has 3 heterocycles. The Morgan fingerprint density at radius 2 is 2.06 bits per heavy atom. The minimum Gasteiger partial charge on any atom is -0.381 e. The maximum atomic E-state index is 13.4. The number of likely N-dealkylation sites (tertiary alicyclic amines) is 1. The summed E-state index contributed by atoms with van der Waals surface area (Å²) in [4.78, 5) is 19.6. The Morgan fingerprint density at radius 3 is 2.94 bits per heavy atom. The molecule has 1 atom stereocenters. The summed E-state index contributed by atoms with van der Waals surface area (Å²) in [6.07, 6.45) is 9.80. The van der Waals surface area contributed by atoms with Crippen LogP contribution in [0.2, 0.25) is 0 Å². The first-order valence-corrected chi connectivity index (χ1v) is 12.1. The van der Waals surface area contributed by atoms with Gasteiger partial charge in [-0.25, -0.2) is 0 Å². The number of aryl methyl sites for hydroxylation is 1. The van der Waals surface area contributed by atoms with Crippen molar-refractivity contribution in [3.8, 4) is 0 Å². The number of anilines is 1. The lowest BCUT2D eigenvalue weighted by Crippen LogP contribution is -2.32. The van der Waals surface area contributed by atoms with Gasteiger partial charge in [0.1, 0.15) is 0 Å². The molecule has 1 saturated heterocycles. The fourth-order valence-corrected chi connectivity index (χ4v) is 4.92. The first kappa shape index (κ1) is 22.1. The number of hydrogen-bond donors (Lipinski definition) is 2. The molecule has 0 saturated carbocycles. The van der Waals surface area contributed by atoms with Crippen molar-refractivity contribution in [2.24, 2.45) is 5.92 Å². The third kappa shape index (κ3) is 4.96. The highest BCUT2D eigenvalue weighted by Gasteiger charge is 2.23. The van der Waals surface area contributed by atoms with E-state index in [1.165, 1.54) is 10.9 Å². The first-order valence-electron chi connectivity index (χ1n) is 12.1. The maximum Gasteiger partial charge on any atom is 0.253 e. The Hall–Kier alpha value is -3.67. The average molecular weight is 454 g/mol. The number of H-pyrrole nitrogens is 1. The van der Waals surface area contributed by atoms with Gasteiger partial charge in [0.2, 0.25) is 0 Å². The van der Waals surface area contributed by atoms with Crippen molar-refractivity contribution in [2.75, 3.05) is 18.4 Å². The summed E-state index contributed by atoms with van der Waals surface area (Å²) in [5.41, 5.74) is 6.43. The van der Waals surface area contributed by atoms with Crippen LogP contribution in [0.4, 0.5) is 5.69 Å². The summed E-state index contributed by atoms with van der Waals surface area (Å²) in [5.74, 6) is 0.704. The first-order chi connectivity index (χ1) is 16.7. The van der Waals surface area contributed by atoms with E-state index in [1.54, 1.807) is 6.20 Å². The summed E-state index contributed by atoms with van der Waals surface area (Å²) >= 11 is 0. The van der Waals surface area contributed by atoms with Crippen LogP contribution in [-0.4, -0.2) is 39.1 Å². The zero-order valence-electron chi connectivity index (χ0n) is 19.6. The van der Waals surface area contributed by atoms with E-state index < -0.39 is 0 Å². The van der Waals surface area contributed by atoms with Gasteiger partial charge in [-0.3, -0.25) is 14.9 Å². The molecule has 0 aliphatic carbocycles. The lowest BCUT2D eigenvalue weighted by atomic mass is 9.91. The van der Waals surface area contributed by atoms with Crippen molar-refractivity contribution in [3.63, 3.8) is 0 Å². The molecule has 0 spiro atoms. The van der Waals surface area contributed by atoms with Gasteiger partial charge in [0.05, 0.1) is 11.7 Å². The monoisotopic (exact) mass is 453 g/mol. The smallest absolute Gasteiger partial charge is 0.253 e. The zero-order chi connectivity index (χ0) is 23.3. The molecule has 174 valence electrons. The van der Waals surface area contributed by atoms with Crippen molar-refractivity contribution in [3.05, 3.63) is 89.4 Å². The number of carbonyl (C=O) groups is 1. The van der Waals surface area contributed by atoms with E-state index in [0.717, 1.165) is 66.7 Å². The van der Waals surface area contributed by atoms with Gasteiger partial charge in [-0.15, -0.1) is 0 Å². The second-order valence-corrected chi connectivity index (χ2v) is 9.29. The van der Waals surface area contributed by atoms with E-state index in [-0.39, 0.29) is 5.91 Å². The molecule has 0 bridgehead atoms.